The Kier molecular flexibility index (Phi) is 6.22. The van der Waals surface area contributed by atoms with E-state index < -0.39 is 12.1 Å². The summed E-state index contributed by atoms with van der Waals surface area (Å²) in [7, 11) is 1.58. The molecule has 1 aromatic rings. The van der Waals surface area contributed by atoms with Gasteiger partial charge in [0.1, 0.15) is 5.75 Å². The Labute approximate surface area is 108 Å². The summed E-state index contributed by atoms with van der Waals surface area (Å²) in [5.74, 6) is -0.236. The number of hydrogen-bond acceptors (Lipinski definition) is 3. The second kappa shape index (κ2) is 7.71. The van der Waals surface area contributed by atoms with Crippen molar-refractivity contribution in [1.82, 2.24) is 0 Å². The first-order valence-corrected chi connectivity index (χ1v) is 6.15. The van der Waals surface area contributed by atoms with Gasteiger partial charge in [-0.3, -0.25) is 0 Å². The van der Waals surface area contributed by atoms with Gasteiger partial charge in [0.05, 0.1) is 7.11 Å². The average Bonchev–Trinajstić information content (AvgIpc) is 2.38. The summed E-state index contributed by atoms with van der Waals surface area (Å²) >= 11 is 0. The van der Waals surface area contributed by atoms with Gasteiger partial charge < -0.3 is 14.6 Å². The molecule has 1 unspecified atom stereocenters. The molecule has 0 saturated carbocycles. The van der Waals surface area contributed by atoms with Crippen molar-refractivity contribution in [2.24, 2.45) is 0 Å². The van der Waals surface area contributed by atoms with Crippen LogP contribution in [0.25, 0.3) is 0 Å². The van der Waals surface area contributed by atoms with Crippen molar-refractivity contribution in [3.05, 3.63) is 29.8 Å². The van der Waals surface area contributed by atoms with Gasteiger partial charge in [0.2, 0.25) is 0 Å². The minimum absolute atomic E-state index is 0.322. The standard InChI is InChI=1S/C14H20O4/c1-3-4-9-18-13(14(15)16)10-11-7-5-6-8-12(11)17-2/h5-8,13H,3-4,9-10H2,1-2H3,(H,15,16). The molecule has 1 aromatic carbocycles. The third-order valence-electron chi connectivity index (χ3n) is 2.69. The van der Waals surface area contributed by atoms with Gasteiger partial charge in [0, 0.05) is 13.0 Å². The van der Waals surface area contributed by atoms with Crippen LogP contribution in [0.5, 0.6) is 5.75 Å². The van der Waals surface area contributed by atoms with Gasteiger partial charge in [0.15, 0.2) is 6.10 Å². The number of carboxylic acid groups (broad SMARTS) is 1. The Morgan fingerprint density at radius 2 is 2.11 bits per heavy atom. The molecule has 100 valence electrons. The van der Waals surface area contributed by atoms with E-state index in [-0.39, 0.29) is 0 Å². The summed E-state index contributed by atoms with van der Waals surface area (Å²) in [5.41, 5.74) is 0.851. The molecular weight excluding hydrogens is 232 g/mol. The zero-order chi connectivity index (χ0) is 13.4. The van der Waals surface area contributed by atoms with E-state index in [4.69, 9.17) is 14.6 Å². The number of benzene rings is 1. The molecule has 4 nitrogen and oxygen atoms in total. The van der Waals surface area contributed by atoms with Gasteiger partial charge in [-0.1, -0.05) is 31.5 Å². The third-order valence-corrected chi connectivity index (χ3v) is 2.69. The minimum atomic E-state index is -0.933. The van der Waals surface area contributed by atoms with Crippen molar-refractivity contribution in [3.63, 3.8) is 0 Å². The summed E-state index contributed by atoms with van der Waals surface area (Å²) in [5, 5.41) is 9.13. The fourth-order valence-corrected chi connectivity index (χ4v) is 1.66. The van der Waals surface area contributed by atoms with E-state index in [0.717, 1.165) is 18.4 Å². The van der Waals surface area contributed by atoms with Crippen LogP contribution in [0.3, 0.4) is 0 Å². The highest BCUT2D eigenvalue weighted by molar-refractivity contribution is 5.73. The molecule has 0 heterocycles. The Hall–Kier alpha value is -1.55. The highest BCUT2D eigenvalue weighted by atomic mass is 16.5. The number of para-hydroxylation sites is 1. The monoisotopic (exact) mass is 252 g/mol. The molecule has 0 aliphatic rings. The van der Waals surface area contributed by atoms with Crippen molar-refractivity contribution in [2.75, 3.05) is 13.7 Å². The number of carbonyl (C=O) groups is 1. The van der Waals surface area contributed by atoms with Crippen molar-refractivity contribution in [2.45, 2.75) is 32.3 Å². The first-order valence-electron chi connectivity index (χ1n) is 6.15. The van der Waals surface area contributed by atoms with Crippen LogP contribution in [-0.4, -0.2) is 30.9 Å². The van der Waals surface area contributed by atoms with Crippen molar-refractivity contribution in [1.29, 1.82) is 0 Å². The Morgan fingerprint density at radius 3 is 2.72 bits per heavy atom. The molecule has 1 N–H and O–H groups in total. The molecule has 0 fully saturated rings. The fraction of sp³-hybridized carbons (Fsp3) is 0.500. The zero-order valence-electron chi connectivity index (χ0n) is 10.9. The number of carboxylic acids is 1. The van der Waals surface area contributed by atoms with Crippen LogP contribution in [-0.2, 0) is 16.0 Å². The molecule has 0 spiro atoms. The maximum Gasteiger partial charge on any atom is 0.333 e. The second-order valence-corrected chi connectivity index (χ2v) is 4.07. The van der Waals surface area contributed by atoms with Crippen molar-refractivity contribution >= 4 is 5.97 Å². The van der Waals surface area contributed by atoms with Crippen LogP contribution < -0.4 is 4.74 Å². The van der Waals surface area contributed by atoms with Crippen LogP contribution in [0.4, 0.5) is 0 Å². The molecule has 18 heavy (non-hydrogen) atoms. The number of rotatable bonds is 8. The van der Waals surface area contributed by atoms with E-state index in [1.165, 1.54) is 0 Å². The number of unbranched alkanes of at least 4 members (excludes halogenated alkanes) is 1. The molecule has 0 saturated heterocycles. The van der Waals surface area contributed by atoms with E-state index in [2.05, 4.69) is 0 Å². The maximum absolute atomic E-state index is 11.1. The van der Waals surface area contributed by atoms with Crippen LogP contribution >= 0.6 is 0 Å². The summed E-state index contributed by atoms with van der Waals surface area (Å²) in [6, 6.07) is 7.40. The summed E-state index contributed by atoms with van der Waals surface area (Å²) in [4.78, 5) is 11.1. The van der Waals surface area contributed by atoms with E-state index in [9.17, 15) is 4.79 Å². The predicted octanol–water partition coefficient (Wildman–Crippen LogP) is 2.51. The van der Waals surface area contributed by atoms with Crippen LogP contribution in [0, 0.1) is 0 Å². The molecule has 1 atom stereocenters. The summed E-state index contributed by atoms with van der Waals surface area (Å²) < 4.78 is 10.6. The Bertz CT molecular complexity index is 376. The van der Waals surface area contributed by atoms with Crippen molar-refractivity contribution in [3.8, 4) is 5.75 Å². The Morgan fingerprint density at radius 1 is 1.39 bits per heavy atom. The first-order chi connectivity index (χ1) is 8.69. The van der Waals surface area contributed by atoms with E-state index >= 15 is 0 Å². The van der Waals surface area contributed by atoms with Crippen LogP contribution in [0.15, 0.2) is 24.3 Å². The zero-order valence-corrected chi connectivity index (χ0v) is 10.9. The van der Waals surface area contributed by atoms with Gasteiger partial charge in [-0.05, 0) is 18.1 Å². The number of aliphatic carboxylic acids is 1. The van der Waals surface area contributed by atoms with Crippen LogP contribution in [0.2, 0.25) is 0 Å². The number of methoxy groups -OCH3 is 1. The predicted molar refractivity (Wildman–Crippen MR) is 69.0 cm³/mol. The lowest BCUT2D eigenvalue weighted by Crippen LogP contribution is -2.27. The lowest BCUT2D eigenvalue weighted by molar-refractivity contribution is -0.150. The SMILES string of the molecule is CCCCOC(Cc1ccccc1OC)C(=O)O. The summed E-state index contributed by atoms with van der Waals surface area (Å²) in [6.45, 7) is 2.52. The van der Waals surface area contributed by atoms with E-state index in [0.29, 0.717) is 18.8 Å². The molecule has 4 heteroatoms. The van der Waals surface area contributed by atoms with Gasteiger partial charge >= 0.3 is 5.97 Å². The second-order valence-electron chi connectivity index (χ2n) is 4.07. The highest BCUT2D eigenvalue weighted by Gasteiger charge is 2.20. The highest BCUT2D eigenvalue weighted by Crippen LogP contribution is 2.20. The van der Waals surface area contributed by atoms with Gasteiger partial charge in [-0.15, -0.1) is 0 Å². The number of ether oxygens (including phenoxy) is 2. The van der Waals surface area contributed by atoms with Crippen molar-refractivity contribution < 1.29 is 19.4 Å². The van der Waals surface area contributed by atoms with Gasteiger partial charge in [0.25, 0.3) is 0 Å². The lowest BCUT2D eigenvalue weighted by atomic mass is 10.1. The molecule has 0 aromatic heterocycles. The van der Waals surface area contributed by atoms with E-state index in [1.807, 2.05) is 31.2 Å². The molecule has 0 bridgehead atoms. The average molecular weight is 252 g/mol. The summed E-state index contributed by atoms with van der Waals surface area (Å²) in [6.07, 6.45) is 1.37. The normalized spacial score (nSPS) is 12.1. The quantitative estimate of drug-likeness (QED) is 0.722. The minimum Gasteiger partial charge on any atom is -0.496 e. The van der Waals surface area contributed by atoms with E-state index in [1.54, 1.807) is 7.11 Å². The van der Waals surface area contributed by atoms with Gasteiger partial charge in [-0.25, -0.2) is 4.79 Å². The smallest absolute Gasteiger partial charge is 0.333 e. The molecule has 0 radical (unpaired) electrons. The topological polar surface area (TPSA) is 55.8 Å². The third kappa shape index (κ3) is 4.37. The Balaban J connectivity index is 2.67. The lowest BCUT2D eigenvalue weighted by Gasteiger charge is -2.15. The van der Waals surface area contributed by atoms with Crippen LogP contribution in [0.1, 0.15) is 25.3 Å². The first kappa shape index (κ1) is 14.5. The molecule has 0 amide bonds. The molecule has 0 aliphatic heterocycles. The maximum atomic E-state index is 11.1. The number of hydrogen-bond donors (Lipinski definition) is 1. The molecule has 0 aliphatic carbocycles. The molecular formula is C14H20O4. The molecule has 1 rings (SSSR count). The van der Waals surface area contributed by atoms with Gasteiger partial charge in [-0.2, -0.15) is 0 Å². The fourth-order valence-electron chi connectivity index (χ4n) is 1.66. The largest absolute Gasteiger partial charge is 0.496 e.